The number of aliphatic hydroxyl groups excluding tert-OH is 1. The summed E-state index contributed by atoms with van der Waals surface area (Å²) >= 11 is 0. The van der Waals surface area contributed by atoms with Gasteiger partial charge in [0, 0.05) is 26.3 Å². The molecule has 0 aromatic heterocycles. The van der Waals surface area contributed by atoms with Gasteiger partial charge < -0.3 is 9.84 Å². The smallest absolute Gasteiger partial charge is 0.301 e. The lowest BCUT2D eigenvalue weighted by molar-refractivity contribution is 0.276. The van der Waals surface area contributed by atoms with Crippen molar-refractivity contribution < 1.29 is 22.7 Å². The molecule has 0 fully saturated rings. The van der Waals surface area contributed by atoms with E-state index in [1.807, 2.05) is 0 Å². The van der Waals surface area contributed by atoms with E-state index < -0.39 is 16.0 Å². The predicted octanol–water partition coefficient (Wildman–Crippen LogP) is 1.20. The summed E-state index contributed by atoms with van der Waals surface area (Å²) in [5.41, 5.74) is 0.113. The maximum atomic E-state index is 13.6. The van der Waals surface area contributed by atoms with E-state index in [4.69, 9.17) is 9.84 Å². The fourth-order valence-corrected chi connectivity index (χ4v) is 2.43. The summed E-state index contributed by atoms with van der Waals surface area (Å²) in [6.45, 7) is 2.13. The maximum absolute atomic E-state index is 13.6. The van der Waals surface area contributed by atoms with Gasteiger partial charge in [0.1, 0.15) is 0 Å². The van der Waals surface area contributed by atoms with Gasteiger partial charge >= 0.3 is 10.2 Å². The molecule has 0 saturated carbocycles. The third kappa shape index (κ3) is 4.62. The Balaban J connectivity index is 2.79. The van der Waals surface area contributed by atoms with E-state index in [-0.39, 0.29) is 24.6 Å². The van der Waals surface area contributed by atoms with E-state index in [0.29, 0.717) is 13.0 Å². The molecule has 1 rings (SSSR count). The molecule has 0 radical (unpaired) electrons. The van der Waals surface area contributed by atoms with Crippen molar-refractivity contribution in [1.82, 2.24) is 4.31 Å². The van der Waals surface area contributed by atoms with Crippen LogP contribution in [-0.2, 0) is 10.2 Å². The van der Waals surface area contributed by atoms with Crippen LogP contribution < -0.4 is 9.46 Å². The molecule has 0 spiro atoms. The van der Waals surface area contributed by atoms with Gasteiger partial charge in [-0.2, -0.15) is 12.7 Å². The molecular weight excluding hydrogens is 287 g/mol. The monoisotopic (exact) mass is 306 g/mol. The Kier molecular flexibility index (Phi) is 6.18. The molecule has 114 valence electrons. The Morgan fingerprint density at radius 2 is 2.15 bits per heavy atom. The lowest BCUT2D eigenvalue weighted by Gasteiger charge is -2.18. The van der Waals surface area contributed by atoms with Crippen LogP contribution in [0.5, 0.6) is 5.75 Å². The van der Waals surface area contributed by atoms with Crippen molar-refractivity contribution in [3.63, 3.8) is 0 Å². The standard InChI is InChI=1S/C12H19FN2O4S/c1-3-19-12-6-5-10(9-11(12)13)14-20(17,18)15(2)7-4-8-16/h5-6,9,14,16H,3-4,7-8H2,1-2H3. The van der Waals surface area contributed by atoms with Crippen LogP contribution in [-0.4, -0.2) is 44.6 Å². The van der Waals surface area contributed by atoms with Crippen LogP contribution in [0.3, 0.4) is 0 Å². The van der Waals surface area contributed by atoms with Gasteiger partial charge in [0.15, 0.2) is 11.6 Å². The van der Waals surface area contributed by atoms with Crippen molar-refractivity contribution in [3.05, 3.63) is 24.0 Å². The highest BCUT2D eigenvalue weighted by molar-refractivity contribution is 7.90. The molecule has 0 saturated heterocycles. The van der Waals surface area contributed by atoms with Crippen LogP contribution >= 0.6 is 0 Å². The van der Waals surface area contributed by atoms with Crippen molar-refractivity contribution in [3.8, 4) is 5.75 Å². The summed E-state index contributed by atoms with van der Waals surface area (Å²) in [6, 6.07) is 3.85. The minimum Gasteiger partial charge on any atom is -0.491 e. The van der Waals surface area contributed by atoms with Gasteiger partial charge in [-0.15, -0.1) is 0 Å². The Labute approximate surface area is 118 Å². The van der Waals surface area contributed by atoms with Crippen molar-refractivity contribution >= 4 is 15.9 Å². The molecule has 1 aromatic carbocycles. The first kappa shape index (κ1) is 16.7. The highest BCUT2D eigenvalue weighted by atomic mass is 32.2. The molecule has 0 heterocycles. The zero-order valence-corrected chi connectivity index (χ0v) is 12.3. The highest BCUT2D eigenvalue weighted by Crippen LogP contribution is 2.22. The van der Waals surface area contributed by atoms with Crippen LogP contribution in [0.15, 0.2) is 18.2 Å². The van der Waals surface area contributed by atoms with E-state index in [2.05, 4.69) is 4.72 Å². The highest BCUT2D eigenvalue weighted by Gasteiger charge is 2.17. The molecule has 0 amide bonds. The van der Waals surface area contributed by atoms with E-state index in [9.17, 15) is 12.8 Å². The lowest BCUT2D eigenvalue weighted by atomic mass is 10.3. The predicted molar refractivity (Wildman–Crippen MR) is 74.4 cm³/mol. The van der Waals surface area contributed by atoms with Gasteiger partial charge in [0.05, 0.1) is 12.3 Å². The summed E-state index contributed by atoms with van der Waals surface area (Å²) in [7, 11) is -2.38. The minimum atomic E-state index is -3.76. The lowest BCUT2D eigenvalue weighted by Crippen LogP contribution is -2.33. The van der Waals surface area contributed by atoms with Crippen molar-refractivity contribution in [2.75, 3.05) is 31.5 Å². The largest absolute Gasteiger partial charge is 0.491 e. The zero-order valence-electron chi connectivity index (χ0n) is 11.5. The van der Waals surface area contributed by atoms with Gasteiger partial charge in [-0.25, -0.2) is 4.39 Å². The van der Waals surface area contributed by atoms with E-state index in [0.717, 1.165) is 10.4 Å². The number of halogens is 1. The summed E-state index contributed by atoms with van der Waals surface area (Å²) < 4.78 is 45.8. The minimum absolute atomic E-state index is 0.0732. The molecule has 8 heteroatoms. The number of aliphatic hydroxyl groups is 1. The van der Waals surface area contributed by atoms with Gasteiger partial charge in [0.2, 0.25) is 0 Å². The molecule has 2 N–H and O–H groups in total. The molecule has 0 aliphatic rings. The number of benzene rings is 1. The third-order valence-electron chi connectivity index (χ3n) is 2.52. The third-order valence-corrected chi connectivity index (χ3v) is 4.02. The SMILES string of the molecule is CCOc1ccc(NS(=O)(=O)N(C)CCCO)cc1F. The van der Waals surface area contributed by atoms with Gasteiger partial charge in [-0.05, 0) is 25.5 Å². The fraction of sp³-hybridized carbons (Fsp3) is 0.500. The number of hydrogen-bond acceptors (Lipinski definition) is 4. The first-order valence-corrected chi connectivity index (χ1v) is 7.62. The maximum Gasteiger partial charge on any atom is 0.301 e. The number of ether oxygens (including phenoxy) is 1. The summed E-state index contributed by atoms with van der Waals surface area (Å²) in [5.74, 6) is -0.561. The van der Waals surface area contributed by atoms with E-state index in [1.54, 1.807) is 6.92 Å². The van der Waals surface area contributed by atoms with Crippen molar-refractivity contribution in [2.24, 2.45) is 0 Å². The second-order valence-corrected chi connectivity index (χ2v) is 5.86. The Morgan fingerprint density at radius 3 is 2.70 bits per heavy atom. The van der Waals surface area contributed by atoms with Crippen LogP contribution in [0.2, 0.25) is 0 Å². The Morgan fingerprint density at radius 1 is 1.45 bits per heavy atom. The number of rotatable bonds is 8. The Bertz CT molecular complexity index is 536. The van der Waals surface area contributed by atoms with Crippen molar-refractivity contribution in [2.45, 2.75) is 13.3 Å². The molecule has 0 aliphatic heterocycles. The number of nitrogens with one attached hydrogen (secondary N) is 1. The van der Waals surface area contributed by atoms with Crippen molar-refractivity contribution in [1.29, 1.82) is 0 Å². The van der Waals surface area contributed by atoms with Crippen LogP contribution in [0.25, 0.3) is 0 Å². The second kappa shape index (κ2) is 7.41. The average Bonchev–Trinajstić information content (AvgIpc) is 2.38. The molecular formula is C12H19FN2O4S. The van der Waals surface area contributed by atoms with E-state index >= 15 is 0 Å². The van der Waals surface area contributed by atoms with Crippen LogP contribution in [0.1, 0.15) is 13.3 Å². The van der Waals surface area contributed by atoms with Crippen LogP contribution in [0, 0.1) is 5.82 Å². The van der Waals surface area contributed by atoms with Gasteiger partial charge in [0.25, 0.3) is 0 Å². The molecule has 1 aromatic rings. The summed E-state index contributed by atoms with van der Waals surface area (Å²) in [5, 5.41) is 8.68. The molecule has 0 aliphatic carbocycles. The number of hydrogen-bond donors (Lipinski definition) is 2. The second-order valence-electron chi connectivity index (χ2n) is 4.08. The fourth-order valence-electron chi connectivity index (χ4n) is 1.48. The normalized spacial score (nSPS) is 11.7. The molecule has 6 nitrogen and oxygen atoms in total. The number of nitrogens with zero attached hydrogens (tertiary/aromatic N) is 1. The van der Waals surface area contributed by atoms with Crippen LogP contribution in [0.4, 0.5) is 10.1 Å². The molecule has 0 atom stereocenters. The zero-order chi connectivity index (χ0) is 15.2. The molecule has 0 bridgehead atoms. The summed E-state index contributed by atoms with van der Waals surface area (Å²) in [4.78, 5) is 0. The van der Waals surface area contributed by atoms with Gasteiger partial charge in [-0.1, -0.05) is 0 Å². The molecule has 20 heavy (non-hydrogen) atoms. The molecule has 0 unspecified atom stereocenters. The van der Waals surface area contributed by atoms with E-state index in [1.165, 1.54) is 19.2 Å². The van der Waals surface area contributed by atoms with Gasteiger partial charge in [-0.3, -0.25) is 4.72 Å². The first-order chi connectivity index (χ1) is 9.40. The Hall–Kier alpha value is -1.38. The topological polar surface area (TPSA) is 78.9 Å². The summed E-state index contributed by atoms with van der Waals surface area (Å²) in [6.07, 6.45) is 0.328. The first-order valence-electron chi connectivity index (χ1n) is 6.18. The number of anilines is 1. The average molecular weight is 306 g/mol. The quantitative estimate of drug-likeness (QED) is 0.756.